The second-order valence-electron chi connectivity index (χ2n) is 7.87. The number of nitrogens with one attached hydrogen (secondary N) is 2. The smallest absolute Gasteiger partial charge is 0.191 e. The second kappa shape index (κ2) is 11.3. The summed E-state index contributed by atoms with van der Waals surface area (Å²) in [5.41, 5.74) is 1.19. The van der Waals surface area contributed by atoms with Crippen LogP contribution in [-0.4, -0.2) is 83.0 Å². The first kappa shape index (κ1) is 21.7. The standard InChI is InChI=1S/C22H37N5O2/c1-4-23-22(24-15-18(2)26-11-13-29-14-12-26)25-16-19-9-10-27(17-19)20-7-5-6-8-21(20)28-3/h5-8,18-19H,4,9-17H2,1-3H3,(H2,23,24,25). The number of anilines is 1. The predicted octanol–water partition coefficient (Wildman–Crippen LogP) is 1.80. The Morgan fingerprint density at radius 3 is 2.79 bits per heavy atom. The number of morpholine rings is 1. The molecule has 0 bridgehead atoms. The van der Waals surface area contributed by atoms with Crippen molar-refractivity contribution in [2.24, 2.45) is 10.9 Å². The molecule has 2 saturated heterocycles. The van der Waals surface area contributed by atoms with E-state index < -0.39 is 0 Å². The van der Waals surface area contributed by atoms with Gasteiger partial charge in [-0.1, -0.05) is 12.1 Å². The normalized spacial score (nSPS) is 21.8. The van der Waals surface area contributed by atoms with Gasteiger partial charge in [0.2, 0.25) is 0 Å². The van der Waals surface area contributed by atoms with E-state index in [1.54, 1.807) is 7.11 Å². The van der Waals surface area contributed by atoms with E-state index in [0.29, 0.717) is 12.0 Å². The van der Waals surface area contributed by atoms with Crippen molar-refractivity contribution in [1.29, 1.82) is 0 Å². The number of nitrogens with zero attached hydrogens (tertiary/aromatic N) is 3. The quantitative estimate of drug-likeness (QED) is 0.510. The van der Waals surface area contributed by atoms with Crippen LogP contribution in [0.2, 0.25) is 0 Å². The van der Waals surface area contributed by atoms with Crippen molar-refractivity contribution < 1.29 is 9.47 Å². The third-order valence-electron chi connectivity index (χ3n) is 5.80. The van der Waals surface area contributed by atoms with E-state index in [2.05, 4.69) is 46.4 Å². The maximum absolute atomic E-state index is 5.53. The predicted molar refractivity (Wildman–Crippen MR) is 119 cm³/mol. The summed E-state index contributed by atoms with van der Waals surface area (Å²) in [7, 11) is 1.74. The van der Waals surface area contributed by atoms with Gasteiger partial charge in [-0.15, -0.1) is 0 Å². The molecule has 2 atom stereocenters. The lowest BCUT2D eigenvalue weighted by Crippen LogP contribution is -2.45. The van der Waals surface area contributed by atoms with Gasteiger partial charge in [0.15, 0.2) is 5.96 Å². The molecule has 29 heavy (non-hydrogen) atoms. The summed E-state index contributed by atoms with van der Waals surface area (Å²) in [4.78, 5) is 9.72. The van der Waals surface area contributed by atoms with Gasteiger partial charge >= 0.3 is 0 Å². The molecule has 2 heterocycles. The third kappa shape index (κ3) is 6.24. The maximum Gasteiger partial charge on any atom is 0.191 e. The molecule has 0 spiro atoms. The molecule has 3 rings (SSSR count). The molecule has 1 aromatic rings. The Bertz CT molecular complexity index is 648. The summed E-state index contributed by atoms with van der Waals surface area (Å²) < 4.78 is 11.0. The average molecular weight is 404 g/mol. The summed E-state index contributed by atoms with van der Waals surface area (Å²) in [5.74, 6) is 2.47. The van der Waals surface area contributed by atoms with E-state index in [9.17, 15) is 0 Å². The molecule has 2 fully saturated rings. The van der Waals surface area contributed by atoms with Crippen LogP contribution in [0.3, 0.4) is 0 Å². The van der Waals surface area contributed by atoms with Gasteiger partial charge in [-0.3, -0.25) is 9.89 Å². The van der Waals surface area contributed by atoms with Crippen LogP contribution in [0, 0.1) is 5.92 Å². The van der Waals surface area contributed by atoms with Crippen molar-refractivity contribution in [2.45, 2.75) is 26.3 Å². The molecule has 2 N–H and O–H groups in total. The monoisotopic (exact) mass is 403 g/mol. The lowest BCUT2D eigenvalue weighted by Gasteiger charge is -2.31. The van der Waals surface area contributed by atoms with Crippen molar-refractivity contribution >= 4 is 11.6 Å². The summed E-state index contributed by atoms with van der Waals surface area (Å²) in [5, 5.41) is 6.95. The highest BCUT2D eigenvalue weighted by atomic mass is 16.5. The number of benzene rings is 1. The van der Waals surface area contributed by atoms with Crippen LogP contribution in [0.25, 0.3) is 0 Å². The Morgan fingerprint density at radius 1 is 1.24 bits per heavy atom. The Kier molecular flexibility index (Phi) is 8.43. The lowest BCUT2D eigenvalue weighted by molar-refractivity contribution is 0.0220. The number of aliphatic imine (C=N–C) groups is 1. The number of rotatable bonds is 8. The molecule has 2 aliphatic heterocycles. The van der Waals surface area contributed by atoms with E-state index in [1.807, 2.05) is 12.1 Å². The number of guanidine groups is 1. The van der Waals surface area contributed by atoms with Crippen LogP contribution in [0.5, 0.6) is 5.75 Å². The Balaban J connectivity index is 1.48. The zero-order valence-electron chi connectivity index (χ0n) is 18.2. The summed E-state index contributed by atoms with van der Waals surface area (Å²) in [6.07, 6.45) is 1.18. The summed E-state index contributed by atoms with van der Waals surface area (Å²) >= 11 is 0. The first-order valence-corrected chi connectivity index (χ1v) is 10.9. The lowest BCUT2D eigenvalue weighted by atomic mass is 10.1. The maximum atomic E-state index is 5.53. The van der Waals surface area contributed by atoms with Crippen LogP contribution in [0.1, 0.15) is 20.3 Å². The van der Waals surface area contributed by atoms with Crippen molar-refractivity contribution in [3.05, 3.63) is 24.3 Å². The number of methoxy groups -OCH3 is 1. The van der Waals surface area contributed by atoms with Crippen LogP contribution >= 0.6 is 0 Å². The van der Waals surface area contributed by atoms with E-state index in [-0.39, 0.29) is 0 Å². The molecule has 162 valence electrons. The van der Waals surface area contributed by atoms with Crippen LogP contribution < -0.4 is 20.3 Å². The van der Waals surface area contributed by atoms with E-state index in [4.69, 9.17) is 14.5 Å². The molecule has 2 aliphatic rings. The van der Waals surface area contributed by atoms with Gasteiger partial charge < -0.3 is 25.0 Å². The van der Waals surface area contributed by atoms with Crippen LogP contribution in [0.4, 0.5) is 5.69 Å². The van der Waals surface area contributed by atoms with Gasteiger partial charge in [0.25, 0.3) is 0 Å². The van der Waals surface area contributed by atoms with Crippen LogP contribution in [0.15, 0.2) is 29.3 Å². The topological polar surface area (TPSA) is 61.4 Å². The van der Waals surface area contributed by atoms with E-state index in [0.717, 1.165) is 70.7 Å². The molecular weight excluding hydrogens is 366 g/mol. The van der Waals surface area contributed by atoms with Gasteiger partial charge in [0, 0.05) is 45.3 Å². The van der Waals surface area contributed by atoms with Gasteiger partial charge in [-0.2, -0.15) is 0 Å². The SMILES string of the molecule is CCNC(=NCC(C)N1CCOCC1)NCC1CCN(c2ccccc2OC)C1. The summed E-state index contributed by atoms with van der Waals surface area (Å²) in [6, 6.07) is 8.71. The van der Waals surface area contributed by atoms with Gasteiger partial charge in [-0.25, -0.2) is 0 Å². The zero-order valence-corrected chi connectivity index (χ0v) is 18.2. The first-order chi connectivity index (χ1) is 14.2. The number of hydrogen-bond acceptors (Lipinski definition) is 5. The minimum Gasteiger partial charge on any atom is -0.495 e. The highest BCUT2D eigenvalue weighted by Gasteiger charge is 2.24. The van der Waals surface area contributed by atoms with Crippen LogP contribution in [-0.2, 0) is 4.74 Å². The summed E-state index contributed by atoms with van der Waals surface area (Å²) in [6.45, 7) is 12.7. The minimum atomic E-state index is 0.432. The number of hydrogen-bond donors (Lipinski definition) is 2. The zero-order chi connectivity index (χ0) is 20.5. The molecular formula is C22H37N5O2. The van der Waals surface area contributed by atoms with Crippen molar-refractivity contribution in [3.63, 3.8) is 0 Å². The molecule has 0 amide bonds. The second-order valence-corrected chi connectivity index (χ2v) is 7.87. The molecule has 7 heteroatoms. The third-order valence-corrected chi connectivity index (χ3v) is 5.80. The fourth-order valence-corrected chi connectivity index (χ4v) is 4.05. The Hall–Kier alpha value is -1.99. The molecule has 7 nitrogen and oxygen atoms in total. The fraction of sp³-hybridized carbons (Fsp3) is 0.682. The molecule has 2 unspecified atom stereocenters. The van der Waals surface area contributed by atoms with E-state index in [1.165, 1.54) is 12.1 Å². The number of para-hydroxylation sites is 2. The van der Waals surface area contributed by atoms with E-state index >= 15 is 0 Å². The van der Waals surface area contributed by atoms with Crippen molar-refractivity contribution in [2.75, 3.05) is 71.0 Å². The molecule has 0 saturated carbocycles. The average Bonchev–Trinajstić information content (AvgIpc) is 3.25. The highest BCUT2D eigenvalue weighted by molar-refractivity contribution is 5.79. The highest BCUT2D eigenvalue weighted by Crippen LogP contribution is 2.31. The number of ether oxygens (including phenoxy) is 2. The molecule has 0 aromatic heterocycles. The van der Waals surface area contributed by atoms with Crippen molar-refractivity contribution in [3.8, 4) is 5.75 Å². The van der Waals surface area contributed by atoms with Crippen molar-refractivity contribution in [1.82, 2.24) is 15.5 Å². The molecule has 0 aliphatic carbocycles. The Morgan fingerprint density at radius 2 is 2.03 bits per heavy atom. The molecule has 1 aromatic carbocycles. The minimum absolute atomic E-state index is 0.432. The van der Waals surface area contributed by atoms with Gasteiger partial charge in [-0.05, 0) is 38.3 Å². The fourth-order valence-electron chi connectivity index (χ4n) is 4.05. The van der Waals surface area contributed by atoms with Gasteiger partial charge in [0.05, 0.1) is 32.6 Å². The van der Waals surface area contributed by atoms with Gasteiger partial charge in [0.1, 0.15) is 5.75 Å². The largest absolute Gasteiger partial charge is 0.495 e. The first-order valence-electron chi connectivity index (χ1n) is 10.9. The molecule has 0 radical (unpaired) electrons. The Labute approximate surface area is 175 Å².